The van der Waals surface area contributed by atoms with Gasteiger partial charge in [0.15, 0.2) is 6.54 Å². The molecule has 0 aliphatic carbocycles. The SMILES string of the molecule is CCOc1ccccc1NC(=O)C[NH+](C)Cc1cccc(Cl)c1. The summed E-state index contributed by atoms with van der Waals surface area (Å²) in [5.74, 6) is 0.646. The number of benzene rings is 2. The summed E-state index contributed by atoms with van der Waals surface area (Å²) in [7, 11) is 1.98. The molecule has 0 aliphatic rings. The Labute approximate surface area is 142 Å². The van der Waals surface area contributed by atoms with Crippen LogP contribution in [0.3, 0.4) is 0 Å². The van der Waals surface area contributed by atoms with Crippen LogP contribution in [0, 0.1) is 0 Å². The van der Waals surface area contributed by atoms with Gasteiger partial charge < -0.3 is 15.0 Å². The van der Waals surface area contributed by atoms with Crippen molar-refractivity contribution in [3.63, 3.8) is 0 Å². The predicted octanol–water partition coefficient (Wildman–Crippen LogP) is 2.39. The Hall–Kier alpha value is -2.04. The van der Waals surface area contributed by atoms with Crippen molar-refractivity contribution in [1.82, 2.24) is 0 Å². The molecule has 0 fully saturated rings. The molecule has 0 bridgehead atoms. The van der Waals surface area contributed by atoms with Crippen LogP contribution < -0.4 is 15.0 Å². The van der Waals surface area contributed by atoms with Gasteiger partial charge in [0, 0.05) is 10.6 Å². The highest BCUT2D eigenvalue weighted by Gasteiger charge is 2.13. The Kier molecular flexibility index (Phi) is 6.44. The molecule has 4 nitrogen and oxygen atoms in total. The van der Waals surface area contributed by atoms with E-state index in [0.29, 0.717) is 29.6 Å². The van der Waals surface area contributed by atoms with Crippen LogP contribution >= 0.6 is 11.6 Å². The molecule has 122 valence electrons. The van der Waals surface area contributed by atoms with Gasteiger partial charge >= 0.3 is 0 Å². The lowest BCUT2D eigenvalue weighted by molar-refractivity contribution is -0.885. The summed E-state index contributed by atoms with van der Waals surface area (Å²) in [6, 6.07) is 15.2. The fraction of sp³-hybridized carbons (Fsp3) is 0.278. The Morgan fingerprint density at radius 2 is 2.00 bits per heavy atom. The third-order valence-electron chi connectivity index (χ3n) is 3.32. The maximum absolute atomic E-state index is 12.2. The summed E-state index contributed by atoms with van der Waals surface area (Å²) in [6.07, 6.45) is 0. The lowest BCUT2D eigenvalue weighted by atomic mass is 10.2. The second kappa shape index (κ2) is 8.56. The van der Waals surface area contributed by atoms with E-state index in [2.05, 4.69) is 5.32 Å². The minimum atomic E-state index is -0.0447. The van der Waals surface area contributed by atoms with Gasteiger partial charge in [0.2, 0.25) is 0 Å². The highest BCUT2D eigenvalue weighted by molar-refractivity contribution is 6.30. The summed E-state index contributed by atoms with van der Waals surface area (Å²) >= 11 is 5.99. The van der Waals surface area contributed by atoms with Crippen molar-refractivity contribution >= 4 is 23.2 Å². The molecule has 0 aliphatic heterocycles. The average molecular weight is 334 g/mol. The fourth-order valence-electron chi connectivity index (χ4n) is 2.38. The van der Waals surface area contributed by atoms with E-state index in [0.717, 1.165) is 17.0 Å². The van der Waals surface area contributed by atoms with Crippen molar-refractivity contribution in [3.05, 3.63) is 59.1 Å². The number of quaternary nitrogens is 1. The van der Waals surface area contributed by atoms with E-state index >= 15 is 0 Å². The first-order valence-electron chi connectivity index (χ1n) is 7.66. The van der Waals surface area contributed by atoms with Gasteiger partial charge in [-0.1, -0.05) is 35.9 Å². The molecule has 2 aromatic rings. The van der Waals surface area contributed by atoms with Gasteiger partial charge in [-0.15, -0.1) is 0 Å². The van der Waals surface area contributed by atoms with Gasteiger partial charge in [-0.25, -0.2) is 0 Å². The zero-order valence-electron chi connectivity index (χ0n) is 13.4. The normalized spacial score (nSPS) is 11.8. The smallest absolute Gasteiger partial charge is 0.279 e. The summed E-state index contributed by atoms with van der Waals surface area (Å²) in [5, 5.41) is 3.63. The standard InChI is InChI=1S/C18H21ClN2O2/c1-3-23-17-10-5-4-9-16(17)20-18(22)13-21(2)12-14-7-6-8-15(19)11-14/h4-11H,3,12-13H2,1-2H3,(H,20,22)/p+1. The lowest BCUT2D eigenvalue weighted by Crippen LogP contribution is -3.08. The molecule has 1 atom stereocenters. The van der Waals surface area contributed by atoms with Crippen molar-refractivity contribution in [2.24, 2.45) is 0 Å². The number of para-hydroxylation sites is 2. The van der Waals surface area contributed by atoms with Crippen LogP contribution in [0.4, 0.5) is 5.69 Å². The monoisotopic (exact) mass is 333 g/mol. The van der Waals surface area contributed by atoms with Crippen LogP contribution in [0.25, 0.3) is 0 Å². The number of halogens is 1. The lowest BCUT2D eigenvalue weighted by Gasteiger charge is -2.15. The first kappa shape index (κ1) is 17.3. The Morgan fingerprint density at radius 3 is 2.74 bits per heavy atom. The van der Waals surface area contributed by atoms with E-state index in [9.17, 15) is 4.79 Å². The molecule has 23 heavy (non-hydrogen) atoms. The predicted molar refractivity (Wildman–Crippen MR) is 93.2 cm³/mol. The van der Waals surface area contributed by atoms with Gasteiger partial charge in [-0.2, -0.15) is 0 Å². The number of hydrogen-bond acceptors (Lipinski definition) is 2. The maximum atomic E-state index is 12.2. The Bertz CT molecular complexity index is 661. The van der Waals surface area contributed by atoms with Crippen LogP contribution in [-0.2, 0) is 11.3 Å². The number of rotatable bonds is 7. The van der Waals surface area contributed by atoms with E-state index in [1.165, 1.54) is 0 Å². The molecule has 1 amide bonds. The molecule has 1 unspecified atom stereocenters. The topological polar surface area (TPSA) is 42.8 Å². The number of carbonyl (C=O) groups excluding carboxylic acids is 1. The van der Waals surface area contributed by atoms with Crippen molar-refractivity contribution in [1.29, 1.82) is 0 Å². The number of hydrogen-bond donors (Lipinski definition) is 2. The number of amides is 1. The van der Waals surface area contributed by atoms with Gasteiger partial charge in [0.25, 0.3) is 5.91 Å². The van der Waals surface area contributed by atoms with Crippen LogP contribution in [0.15, 0.2) is 48.5 Å². The molecule has 0 heterocycles. The van der Waals surface area contributed by atoms with E-state index in [1.54, 1.807) is 0 Å². The summed E-state index contributed by atoms with van der Waals surface area (Å²) in [6.45, 7) is 3.59. The van der Waals surface area contributed by atoms with Gasteiger partial charge in [0.1, 0.15) is 12.3 Å². The average Bonchev–Trinajstić information content (AvgIpc) is 2.49. The second-order valence-corrected chi connectivity index (χ2v) is 5.85. The van der Waals surface area contributed by atoms with Crippen molar-refractivity contribution in [3.8, 4) is 5.75 Å². The third kappa shape index (κ3) is 5.58. The van der Waals surface area contributed by atoms with Gasteiger partial charge in [-0.05, 0) is 31.2 Å². The molecule has 0 radical (unpaired) electrons. The summed E-state index contributed by atoms with van der Waals surface area (Å²) in [4.78, 5) is 13.3. The number of likely N-dealkylation sites (N-methyl/N-ethyl adjacent to an activating group) is 1. The molecule has 0 aromatic heterocycles. The van der Waals surface area contributed by atoms with Gasteiger partial charge in [0.05, 0.1) is 19.3 Å². The number of anilines is 1. The minimum Gasteiger partial charge on any atom is -0.492 e. The van der Waals surface area contributed by atoms with Crippen molar-refractivity contribution < 1.29 is 14.4 Å². The largest absolute Gasteiger partial charge is 0.492 e. The van der Waals surface area contributed by atoms with E-state index in [4.69, 9.17) is 16.3 Å². The number of nitrogens with one attached hydrogen (secondary N) is 2. The molecule has 2 aromatic carbocycles. The summed E-state index contributed by atoms with van der Waals surface area (Å²) in [5.41, 5.74) is 1.81. The summed E-state index contributed by atoms with van der Waals surface area (Å²) < 4.78 is 5.52. The molecule has 0 saturated carbocycles. The highest BCUT2D eigenvalue weighted by atomic mass is 35.5. The molecule has 5 heteroatoms. The Balaban J connectivity index is 1.91. The zero-order valence-corrected chi connectivity index (χ0v) is 14.2. The molecule has 2 rings (SSSR count). The molecular weight excluding hydrogens is 312 g/mol. The number of carbonyl (C=O) groups is 1. The quantitative estimate of drug-likeness (QED) is 0.817. The van der Waals surface area contributed by atoms with Crippen LogP contribution in [0.1, 0.15) is 12.5 Å². The van der Waals surface area contributed by atoms with E-state index in [1.807, 2.05) is 62.5 Å². The van der Waals surface area contributed by atoms with Crippen LogP contribution in [0.5, 0.6) is 5.75 Å². The van der Waals surface area contributed by atoms with Gasteiger partial charge in [-0.3, -0.25) is 4.79 Å². The van der Waals surface area contributed by atoms with E-state index < -0.39 is 0 Å². The fourth-order valence-corrected chi connectivity index (χ4v) is 2.59. The number of ether oxygens (including phenoxy) is 1. The molecule has 0 saturated heterocycles. The third-order valence-corrected chi connectivity index (χ3v) is 3.55. The first-order chi connectivity index (χ1) is 11.1. The van der Waals surface area contributed by atoms with Crippen molar-refractivity contribution in [2.45, 2.75) is 13.5 Å². The van der Waals surface area contributed by atoms with Crippen LogP contribution in [0.2, 0.25) is 5.02 Å². The minimum absolute atomic E-state index is 0.0447. The Morgan fingerprint density at radius 1 is 1.22 bits per heavy atom. The molecular formula is C18H22ClN2O2+. The maximum Gasteiger partial charge on any atom is 0.279 e. The first-order valence-corrected chi connectivity index (χ1v) is 8.03. The highest BCUT2D eigenvalue weighted by Crippen LogP contribution is 2.23. The molecule has 2 N–H and O–H groups in total. The van der Waals surface area contributed by atoms with Crippen LogP contribution in [-0.4, -0.2) is 26.1 Å². The molecule has 0 spiro atoms. The zero-order chi connectivity index (χ0) is 16.7. The van der Waals surface area contributed by atoms with E-state index in [-0.39, 0.29) is 5.91 Å². The van der Waals surface area contributed by atoms with Crippen molar-refractivity contribution in [2.75, 3.05) is 25.5 Å². The second-order valence-electron chi connectivity index (χ2n) is 5.42.